The molecule has 0 aliphatic carbocycles. The molecule has 0 radical (unpaired) electrons. The fourth-order valence-corrected chi connectivity index (χ4v) is 1.23. The predicted octanol–water partition coefficient (Wildman–Crippen LogP) is 2.06. The number of nitrogens with zero attached hydrogens (tertiary/aromatic N) is 1. The molecule has 1 amide bonds. The van der Waals surface area contributed by atoms with E-state index in [1.165, 1.54) is 6.20 Å². The molecule has 0 atom stereocenters. The number of rotatable bonds is 5. The van der Waals surface area contributed by atoms with Gasteiger partial charge in [-0.15, -0.1) is 0 Å². The summed E-state index contributed by atoms with van der Waals surface area (Å²) >= 11 is 5.55. The number of nitrogens with one attached hydrogen (secondary N) is 2. The normalized spacial score (nSPS) is 10.4. The van der Waals surface area contributed by atoms with Crippen molar-refractivity contribution in [3.63, 3.8) is 0 Å². The lowest BCUT2D eigenvalue weighted by molar-refractivity contribution is -0.119. The zero-order valence-corrected chi connectivity index (χ0v) is 10.5. The van der Waals surface area contributed by atoms with E-state index in [0.29, 0.717) is 12.5 Å². The van der Waals surface area contributed by atoms with E-state index in [4.69, 9.17) is 11.6 Å². The van der Waals surface area contributed by atoms with Crippen LogP contribution in [0.4, 0.5) is 10.2 Å². The van der Waals surface area contributed by atoms with Crippen LogP contribution in [-0.2, 0) is 4.79 Å². The standard InChI is InChI=1S/C11H15ClFN3O/c1-7(2)4-14-10(17)6-16-11-9(13)3-8(12)5-15-11/h3,5,7H,4,6H2,1-2H3,(H,14,17)(H,15,16). The highest BCUT2D eigenvalue weighted by atomic mass is 35.5. The minimum absolute atomic E-state index is 0.0156. The highest BCUT2D eigenvalue weighted by Crippen LogP contribution is 2.14. The smallest absolute Gasteiger partial charge is 0.239 e. The number of carbonyl (C=O) groups is 1. The van der Waals surface area contributed by atoms with Crippen molar-refractivity contribution in [2.75, 3.05) is 18.4 Å². The largest absolute Gasteiger partial charge is 0.359 e. The molecule has 4 nitrogen and oxygen atoms in total. The van der Waals surface area contributed by atoms with E-state index in [2.05, 4.69) is 15.6 Å². The summed E-state index contributed by atoms with van der Waals surface area (Å²) < 4.78 is 13.3. The zero-order chi connectivity index (χ0) is 12.8. The first-order valence-electron chi connectivity index (χ1n) is 5.30. The minimum atomic E-state index is -0.575. The third kappa shape index (κ3) is 4.99. The van der Waals surface area contributed by atoms with Crippen molar-refractivity contribution < 1.29 is 9.18 Å². The second kappa shape index (κ2) is 6.39. The molecule has 0 bridgehead atoms. The van der Waals surface area contributed by atoms with Gasteiger partial charge in [-0.2, -0.15) is 0 Å². The fraction of sp³-hybridized carbons (Fsp3) is 0.455. The number of carbonyl (C=O) groups excluding carboxylic acids is 1. The lowest BCUT2D eigenvalue weighted by Gasteiger charge is -2.09. The van der Waals surface area contributed by atoms with Gasteiger partial charge in [0.1, 0.15) is 0 Å². The molecule has 0 aliphatic heterocycles. The first-order chi connectivity index (χ1) is 7.99. The Balaban J connectivity index is 2.42. The number of pyridine rings is 1. The van der Waals surface area contributed by atoms with E-state index < -0.39 is 5.82 Å². The third-order valence-electron chi connectivity index (χ3n) is 1.93. The van der Waals surface area contributed by atoms with Gasteiger partial charge < -0.3 is 10.6 Å². The Morgan fingerprint density at radius 3 is 2.88 bits per heavy atom. The van der Waals surface area contributed by atoms with Crippen LogP contribution in [0.15, 0.2) is 12.3 Å². The number of halogens is 2. The van der Waals surface area contributed by atoms with E-state index in [0.717, 1.165) is 6.07 Å². The molecule has 94 valence electrons. The Labute approximate surface area is 105 Å². The van der Waals surface area contributed by atoms with Crippen LogP contribution in [0.1, 0.15) is 13.8 Å². The number of anilines is 1. The SMILES string of the molecule is CC(C)CNC(=O)CNc1ncc(Cl)cc1F. The van der Waals surface area contributed by atoms with E-state index in [9.17, 15) is 9.18 Å². The topological polar surface area (TPSA) is 54.0 Å². The first kappa shape index (κ1) is 13.7. The van der Waals surface area contributed by atoms with Gasteiger partial charge in [-0.3, -0.25) is 4.79 Å². The first-order valence-corrected chi connectivity index (χ1v) is 5.68. The van der Waals surface area contributed by atoms with Crippen molar-refractivity contribution in [1.82, 2.24) is 10.3 Å². The molecule has 1 aromatic heterocycles. The van der Waals surface area contributed by atoms with Crippen LogP contribution < -0.4 is 10.6 Å². The maximum absolute atomic E-state index is 13.3. The number of hydrogen-bond acceptors (Lipinski definition) is 3. The summed E-state index contributed by atoms with van der Waals surface area (Å²) in [7, 11) is 0. The van der Waals surface area contributed by atoms with Crippen molar-refractivity contribution in [1.29, 1.82) is 0 Å². The Kier molecular flexibility index (Phi) is 5.15. The molecule has 1 aromatic rings. The van der Waals surface area contributed by atoms with Crippen LogP contribution in [-0.4, -0.2) is 24.0 Å². The molecule has 0 aliphatic rings. The lowest BCUT2D eigenvalue weighted by atomic mass is 10.2. The molecular formula is C11H15ClFN3O. The van der Waals surface area contributed by atoms with Crippen molar-refractivity contribution in [2.45, 2.75) is 13.8 Å². The van der Waals surface area contributed by atoms with E-state index >= 15 is 0 Å². The van der Waals surface area contributed by atoms with Gasteiger partial charge >= 0.3 is 0 Å². The summed E-state index contributed by atoms with van der Waals surface area (Å²) in [5.41, 5.74) is 0. The van der Waals surface area contributed by atoms with Crippen LogP contribution in [0, 0.1) is 11.7 Å². The summed E-state index contributed by atoms with van der Waals surface area (Å²) in [6.07, 6.45) is 1.32. The molecule has 0 aromatic carbocycles. The fourth-order valence-electron chi connectivity index (χ4n) is 1.09. The van der Waals surface area contributed by atoms with Crippen molar-refractivity contribution in [3.05, 3.63) is 23.1 Å². The highest BCUT2D eigenvalue weighted by molar-refractivity contribution is 6.30. The van der Waals surface area contributed by atoms with E-state index in [1.807, 2.05) is 13.8 Å². The van der Waals surface area contributed by atoms with Crippen molar-refractivity contribution in [3.8, 4) is 0 Å². The van der Waals surface area contributed by atoms with E-state index in [1.54, 1.807) is 0 Å². The summed E-state index contributed by atoms with van der Waals surface area (Å²) in [6.45, 7) is 4.57. The second-order valence-corrected chi connectivity index (χ2v) is 4.47. The molecule has 1 rings (SSSR count). The molecule has 1 heterocycles. The maximum Gasteiger partial charge on any atom is 0.239 e. The highest BCUT2D eigenvalue weighted by Gasteiger charge is 2.07. The lowest BCUT2D eigenvalue weighted by Crippen LogP contribution is -2.32. The van der Waals surface area contributed by atoms with Gasteiger partial charge in [-0.1, -0.05) is 25.4 Å². The second-order valence-electron chi connectivity index (χ2n) is 4.04. The van der Waals surface area contributed by atoms with Gasteiger partial charge in [-0.25, -0.2) is 9.37 Å². The summed E-state index contributed by atoms with van der Waals surface area (Å²) in [4.78, 5) is 15.1. The Hall–Kier alpha value is -1.36. The minimum Gasteiger partial charge on any atom is -0.359 e. The molecule has 6 heteroatoms. The van der Waals surface area contributed by atoms with Crippen LogP contribution in [0.5, 0.6) is 0 Å². The van der Waals surface area contributed by atoms with Crippen LogP contribution >= 0.6 is 11.6 Å². The van der Waals surface area contributed by atoms with Gasteiger partial charge in [0.2, 0.25) is 5.91 Å². The Morgan fingerprint density at radius 1 is 1.59 bits per heavy atom. The van der Waals surface area contributed by atoms with E-state index in [-0.39, 0.29) is 23.3 Å². The van der Waals surface area contributed by atoms with Gasteiger partial charge in [0.05, 0.1) is 11.6 Å². The molecule has 0 saturated carbocycles. The monoisotopic (exact) mass is 259 g/mol. The zero-order valence-electron chi connectivity index (χ0n) is 9.76. The van der Waals surface area contributed by atoms with Gasteiger partial charge in [0, 0.05) is 12.7 Å². The van der Waals surface area contributed by atoms with Crippen molar-refractivity contribution in [2.24, 2.45) is 5.92 Å². The summed E-state index contributed by atoms with van der Waals surface area (Å²) in [5, 5.41) is 5.53. The van der Waals surface area contributed by atoms with Crippen LogP contribution in [0.2, 0.25) is 5.02 Å². The maximum atomic E-state index is 13.3. The third-order valence-corrected chi connectivity index (χ3v) is 2.14. The molecule has 0 spiro atoms. The number of amides is 1. The number of hydrogen-bond donors (Lipinski definition) is 2. The Bertz CT molecular complexity index is 398. The average Bonchev–Trinajstić information content (AvgIpc) is 2.25. The summed E-state index contributed by atoms with van der Waals surface area (Å²) in [6, 6.07) is 1.14. The van der Waals surface area contributed by atoms with Gasteiger partial charge in [0.15, 0.2) is 11.6 Å². The van der Waals surface area contributed by atoms with Crippen LogP contribution in [0.3, 0.4) is 0 Å². The summed E-state index contributed by atoms with van der Waals surface area (Å²) in [5.74, 6) is -0.373. The van der Waals surface area contributed by atoms with Gasteiger partial charge in [-0.05, 0) is 12.0 Å². The Morgan fingerprint density at radius 2 is 2.29 bits per heavy atom. The van der Waals surface area contributed by atoms with Crippen molar-refractivity contribution >= 4 is 23.3 Å². The quantitative estimate of drug-likeness (QED) is 0.851. The molecule has 2 N–H and O–H groups in total. The molecule has 17 heavy (non-hydrogen) atoms. The molecule has 0 saturated heterocycles. The molecule has 0 unspecified atom stereocenters. The van der Waals surface area contributed by atoms with Crippen LogP contribution in [0.25, 0.3) is 0 Å². The molecule has 0 fully saturated rings. The average molecular weight is 260 g/mol. The van der Waals surface area contributed by atoms with Gasteiger partial charge in [0.25, 0.3) is 0 Å². The number of aromatic nitrogens is 1. The predicted molar refractivity (Wildman–Crippen MR) is 65.5 cm³/mol. The molecular weight excluding hydrogens is 245 g/mol.